The summed E-state index contributed by atoms with van der Waals surface area (Å²) in [5.41, 5.74) is 10.6. The minimum Gasteiger partial charge on any atom is -0.394 e. The Morgan fingerprint density at radius 3 is 2.42 bits per heavy atom. The van der Waals surface area contributed by atoms with Gasteiger partial charge in [-0.3, -0.25) is 4.79 Å². The Morgan fingerprint density at radius 1 is 1.26 bits per heavy atom. The van der Waals surface area contributed by atoms with E-state index in [1.54, 1.807) is 11.9 Å². The van der Waals surface area contributed by atoms with Gasteiger partial charge in [0.25, 0.3) is 0 Å². The van der Waals surface area contributed by atoms with Crippen LogP contribution in [-0.4, -0.2) is 42.2 Å². The minimum absolute atomic E-state index is 0.219. The predicted molar refractivity (Wildman–Crippen MR) is 77.1 cm³/mol. The summed E-state index contributed by atoms with van der Waals surface area (Å²) in [7, 11) is 1.72. The summed E-state index contributed by atoms with van der Waals surface area (Å²) in [6.45, 7) is 6.57. The topological polar surface area (TPSA) is 66.6 Å². The molecule has 0 aliphatic carbocycles. The van der Waals surface area contributed by atoms with Crippen molar-refractivity contribution in [3.8, 4) is 0 Å². The van der Waals surface area contributed by atoms with E-state index in [1.807, 2.05) is 0 Å². The highest BCUT2D eigenvalue weighted by atomic mass is 16.3. The minimum atomic E-state index is -0.814. The molecule has 1 aromatic carbocycles. The molecule has 0 heterocycles. The van der Waals surface area contributed by atoms with Crippen LogP contribution < -0.4 is 5.73 Å². The Labute approximate surface area is 115 Å². The SMILES string of the molecule is Cc1cc(C)c(CCN(C)C(=O)C(N)CO)cc1C. The van der Waals surface area contributed by atoms with Crippen molar-refractivity contribution in [2.45, 2.75) is 33.2 Å². The van der Waals surface area contributed by atoms with E-state index in [1.165, 1.54) is 22.3 Å². The van der Waals surface area contributed by atoms with Crippen molar-refractivity contribution in [1.29, 1.82) is 0 Å². The second-order valence-electron chi connectivity index (χ2n) is 5.16. The summed E-state index contributed by atoms with van der Waals surface area (Å²) in [5.74, 6) is -0.219. The second-order valence-corrected chi connectivity index (χ2v) is 5.16. The van der Waals surface area contributed by atoms with E-state index in [-0.39, 0.29) is 12.5 Å². The second kappa shape index (κ2) is 6.68. The molecule has 0 fully saturated rings. The van der Waals surface area contributed by atoms with Gasteiger partial charge in [0.2, 0.25) is 5.91 Å². The standard InChI is InChI=1S/C15H24N2O2/c1-10-7-12(3)13(8-11(10)2)5-6-17(4)15(19)14(16)9-18/h7-8,14,18H,5-6,9,16H2,1-4H3. The van der Waals surface area contributed by atoms with E-state index < -0.39 is 6.04 Å². The number of aliphatic hydroxyl groups excluding tert-OH is 1. The van der Waals surface area contributed by atoms with E-state index in [9.17, 15) is 4.79 Å². The summed E-state index contributed by atoms with van der Waals surface area (Å²) in [6, 6.07) is 3.53. The molecular weight excluding hydrogens is 240 g/mol. The van der Waals surface area contributed by atoms with Crippen molar-refractivity contribution in [2.75, 3.05) is 20.2 Å². The molecule has 0 saturated heterocycles. The fourth-order valence-corrected chi connectivity index (χ4v) is 2.05. The Hall–Kier alpha value is -1.39. The Morgan fingerprint density at radius 2 is 1.84 bits per heavy atom. The molecule has 0 radical (unpaired) electrons. The van der Waals surface area contributed by atoms with Gasteiger partial charge in [0, 0.05) is 13.6 Å². The molecule has 0 bridgehead atoms. The van der Waals surface area contributed by atoms with E-state index in [4.69, 9.17) is 10.8 Å². The highest BCUT2D eigenvalue weighted by molar-refractivity contribution is 5.81. The molecular formula is C15H24N2O2. The number of amides is 1. The van der Waals surface area contributed by atoms with Crippen LogP contribution in [0.5, 0.6) is 0 Å². The third-order valence-corrected chi connectivity index (χ3v) is 3.56. The third-order valence-electron chi connectivity index (χ3n) is 3.56. The molecule has 106 valence electrons. The van der Waals surface area contributed by atoms with Gasteiger partial charge in [0.15, 0.2) is 0 Å². The molecule has 0 aliphatic heterocycles. The molecule has 4 heteroatoms. The lowest BCUT2D eigenvalue weighted by molar-refractivity contribution is -0.132. The van der Waals surface area contributed by atoms with Gasteiger partial charge in [-0.1, -0.05) is 12.1 Å². The lowest BCUT2D eigenvalue weighted by Crippen LogP contribution is -2.44. The maximum Gasteiger partial charge on any atom is 0.241 e. The van der Waals surface area contributed by atoms with Gasteiger partial charge in [-0.2, -0.15) is 0 Å². The van der Waals surface area contributed by atoms with Crippen molar-refractivity contribution in [1.82, 2.24) is 4.90 Å². The molecule has 4 nitrogen and oxygen atoms in total. The average molecular weight is 264 g/mol. The van der Waals surface area contributed by atoms with Gasteiger partial charge in [-0.25, -0.2) is 0 Å². The molecule has 0 aliphatic rings. The van der Waals surface area contributed by atoms with Crippen LogP contribution in [-0.2, 0) is 11.2 Å². The van der Waals surface area contributed by atoms with Gasteiger partial charge in [-0.15, -0.1) is 0 Å². The molecule has 1 aromatic rings. The summed E-state index contributed by atoms with van der Waals surface area (Å²) < 4.78 is 0. The summed E-state index contributed by atoms with van der Waals surface area (Å²) in [4.78, 5) is 13.3. The number of nitrogens with two attached hydrogens (primary N) is 1. The zero-order chi connectivity index (χ0) is 14.6. The van der Waals surface area contributed by atoms with Gasteiger partial charge in [0.05, 0.1) is 6.61 Å². The van der Waals surface area contributed by atoms with Gasteiger partial charge in [-0.05, 0) is 49.4 Å². The Bertz CT molecular complexity index is 458. The van der Waals surface area contributed by atoms with Crippen molar-refractivity contribution in [2.24, 2.45) is 5.73 Å². The maximum atomic E-state index is 11.7. The number of hydrogen-bond donors (Lipinski definition) is 2. The highest BCUT2D eigenvalue weighted by Gasteiger charge is 2.16. The molecule has 3 N–H and O–H groups in total. The van der Waals surface area contributed by atoms with E-state index in [0.29, 0.717) is 6.54 Å². The van der Waals surface area contributed by atoms with Gasteiger partial charge in [0.1, 0.15) is 6.04 Å². The Kier molecular flexibility index (Phi) is 5.51. The first-order chi connectivity index (χ1) is 8.86. The van der Waals surface area contributed by atoms with E-state index >= 15 is 0 Å². The van der Waals surface area contributed by atoms with Gasteiger partial charge >= 0.3 is 0 Å². The molecule has 1 atom stereocenters. The first-order valence-corrected chi connectivity index (χ1v) is 6.55. The number of aryl methyl sites for hydroxylation is 3. The Balaban J connectivity index is 2.67. The third kappa shape index (κ3) is 4.04. The first kappa shape index (κ1) is 15.7. The van der Waals surface area contributed by atoms with Crippen LogP contribution in [0.25, 0.3) is 0 Å². The zero-order valence-electron chi connectivity index (χ0n) is 12.2. The van der Waals surface area contributed by atoms with Crippen molar-refractivity contribution < 1.29 is 9.90 Å². The lowest BCUT2D eigenvalue weighted by atomic mass is 9.98. The molecule has 1 rings (SSSR count). The van der Waals surface area contributed by atoms with Crippen LogP contribution in [0, 0.1) is 20.8 Å². The summed E-state index contributed by atoms with van der Waals surface area (Å²) >= 11 is 0. The number of rotatable bonds is 5. The smallest absolute Gasteiger partial charge is 0.241 e. The first-order valence-electron chi connectivity index (χ1n) is 6.55. The van der Waals surface area contributed by atoms with Crippen LogP contribution in [0.4, 0.5) is 0 Å². The molecule has 19 heavy (non-hydrogen) atoms. The van der Waals surface area contributed by atoms with Crippen LogP contribution in [0.15, 0.2) is 12.1 Å². The molecule has 0 aromatic heterocycles. The van der Waals surface area contributed by atoms with Gasteiger partial charge < -0.3 is 15.7 Å². The number of aliphatic hydroxyl groups is 1. The number of carbonyl (C=O) groups is 1. The van der Waals surface area contributed by atoms with Crippen molar-refractivity contribution in [3.05, 3.63) is 34.4 Å². The number of hydrogen-bond acceptors (Lipinski definition) is 3. The number of likely N-dealkylation sites (N-methyl/N-ethyl adjacent to an activating group) is 1. The summed E-state index contributed by atoms with van der Waals surface area (Å²) in [5, 5.41) is 8.88. The van der Waals surface area contributed by atoms with Crippen LogP contribution in [0.2, 0.25) is 0 Å². The monoisotopic (exact) mass is 264 g/mol. The number of nitrogens with zero attached hydrogens (tertiary/aromatic N) is 1. The molecule has 1 amide bonds. The van der Waals surface area contributed by atoms with Crippen molar-refractivity contribution >= 4 is 5.91 Å². The highest BCUT2D eigenvalue weighted by Crippen LogP contribution is 2.16. The lowest BCUT2D eigenvalue weighted by Gasteiger charge is -2.21. The predicted octanol–water partition coefficient (Wildman–Crippen LogP) is 0.932. The maximum absolute atomic E-state index is 11.7. The van der Waals surface area contributed by atoms with E-state index in [0.717, 1.165) is 6.42 Å². The number of benzene rings is 1. The number of carbonyl (C=O) groups excluding carboxylic acids is 1. The largest absolute Gasteiger partial charge is 0.394 e. The van der Waals surface area contributed by atoms with Crippen LogP contribution in [0.1, 0.15) is 22.3 Å². The summed E-state index contributed by atoms with van der Waals surface area (Å²) in [6.07, 6.45) is 0.799. The van der Waals surface area contributed by atoms with Crippen molar-refractivity contribution in [3.63, 3.8) is 0 Å². The molecule has 0 saturated carbocycles. The fraction of sp³-hybridized carbons (Fsp3) is 0.533. The van der Waals surface area contributed by atoms with E-state index in [2.05, 4.69) is 32.9 Å². The zero-order valence-corrected chi connectivity index (χ0v) is 12.2. The quantitative estimate of drug-likeness (QED) is 0.831. The average Bonchev–Trinajstić information content (AvgIpc) is 2.39. The van der Waals surface area contributed by atoms with Crippen LogP contribution >= 0.6 is 0 Å². The normalized spacial score (nSPS) is 12.3. The fourth-order valence-electron chi connectivity index (χ4n) is 2.05. The molecule has 0 spiro atoms. The van der Waals surface area contributed by atoms with Crippen LogP contribution in [0.3, 0.4) is 0 Å². The molecule has 1 unspecified atom stereocenters.